The second-order valence-electron chi connectivity index (χ2n) is 9.73. The number of amides is 2. The van der Waals surface area contributed by atoms with Crippen LogP contribution in [0, 0.1) is 6.92 Å². The van der Waals surface area contributed by atoms with Gasteiger partial charge in [0.05, 0.1) is 11.9 Å². The lowest BCUT2D eigenvalue weighted by Gasteiger charge is -2.34. The zero-order valence-electron chi connectivity index (χ0n) is 22.4. The largest absolute Gasteiger partial charge is 0.352 e. The number of carbonyl (C=O) groups excluding carboxylic acids is 2. The normalized spacial score (nSPS) is 12.2. The van der Waals surface area contributed by atoms with Crippen LogP contribution in [0.2, 0.25) is 10.0 Å². The van der Waals surface area contributed by atoms with Crippen molar-refractivity contribution in [2.45, 2.75) is 45.8 Å². The molecule has 3 aromatic carbocycles. The van der Waals surface area contributed by atoms with E-state index in [4.69, 9.17) is 23.2 Å². The summed E-state index contributed by atoms with van der Waals surface area (Å²) < 4.78 is 26.7. The molecule has 0 aliphatic heterocycles. The molecule has 208 valence electrons. The molecule has 0 aliphatic rings. The van der Waals surface area contributed by atoms with Crippen LogP contribution in [-0.4, -0.2) is 50.0 Å². The number of carbonyl (C=O) groups is 2. The molecule has 7 nitrogen and oxygen atoms in total. The summed E-state index contributed by atoms with van der Waals surface area (Å²) >= 11 is 12.6. The Balaban J connectivity index is 2.08. The second kappa shape index (κ2) is 13.3. The Kier molecular flexibility index (Phi) is 10.4. The summed E-state index contributed by atoms with van der Waals surface area (Å²) in [6, 6.07) is 20.0. The first kappa shape index (κ1) is 30.5. The lowest BCUT2D eigenvalue weighted by molar-refractivity contribution is -0.140. The Morgan fingerprint density at radius 3 is 2.23 bits per heavy atom. The molecule has 2 amide bonds. The van der Waals surface area contributed by atoms with E-state index in [-0.39, 0.29) is 24.9 Å². The molecule has 0 unspecified atom stereocenters. The fourth-order valence-electron chi connectivity index (χ4n) is 4.16. The highest BCUT2D eigenvalue weighted by Gasteiger charge is 2.33. The average molecular weight is 591 g/mol. The molecule has 0 saturated carbocycles. The van der Waals surface area contributed by atoms with Gasteiger partial charge in [-0.05, 0) is 61.7 Å². The van der Waals surface area contributed by atoms with Gasteiger partial charge in [0.2, 0.25) is 21.8 Å². The van der Waals surface area contributed by atoms with Crippen molar-refractivity contribution in [3.8, 4) is 0 Å². The predicted octanol–water partition coefficient (Wildman–Crippen LogP) is 5.23. The fraction of sp³-hybridized carbons (Fsp3) is 0.310. The Morgan fingerprint density at radius 1 is 0.949 bits per heavy atom. The van der Waals surface area contributed by atoms with Crippen molar-refractivity contribution < 1.29 is 18.0 Å². The van der Waals surface area contributed by atoms with Gasteiger partial charge in [0.25, 0.3) is 0 Å². The topological polar surface area (TPSA) is 86.8 Å². The van der Waals surface area contributed by atoms with E-state index in [0.29, 0.717) is 21.3 Å². The van der Waals surface area contributed by atoms with Crippen LogP contribution in [0.15, 0.2) is 72.8 Å². The summed E-state index contributed by atoms with van der Waals surface area (Å²) in [6.45, 7) is 5.00. The van der Waals surface area contributed by atoms with Crippen LogP contribution < -0.4 is 9.62 Å². The first-order valence-electron chi connectivity index (χ1n) is 12.5. The third-order valence-electron chi connectivity index (χ3n) is 6.03. The van der Waals surface area contributed by atoms with Gasteiger partial charge >= 0.3 is 0 Å². The summed E-state index contributed by atoms with van der Waals surface area (Å²) in [5, 5.41) is 3.68. The van der Waals surface area contributed by atoms with Gasteiger partial charge in [0.15, 0.2) is 0 Å². The Morgan fingerprint density at radius 2 is 1.64 bits per heavy atom. The van der Waals surface area contributed by atoms with Crippen LogP contribution in [0.5, 0.6) is 0 Å². The van der Waals surface area contributed by atoms with E-state index in [1.54, 1.807) is 36.4 Å². The lowest BCUT2D eigenvalue weighted by Crippen LogP contribution is -2.54. The number of benzene rings is 3. The van der Waals surface area contributed by atoms with Crippen molar-refractivity contribution in [3.05, 3.63) is 99.5 Å². The highest BCUT2D eigenvalue weighted by Crippen LogP contribution is 2.25. The van der Waals surface area contributed by atoms with E-state index in [9.17, 15) is 18.0 Å². The van der Waals surface area contributed by atoms with E-state index in [1.807, 2.05) is 57.2 Å². The van der Waals surface area contributed by atoms with Crippen LogP contribution in [-0.2, 0) is 32.6 Å². The number of anilines is 1. The number of nitrogens with one attached hydrogen (secondary N) is 1. The zero-order chi connectivity index (χ0) is 28.7. The first-order valence-corrected chi connectivity index (χ1v) is 15.1. The second-order valence-corrected chi connectivity index (χ2v) is 12.5. The smallest absolute Gasteiger partial charge is 0.244 e. The van der Waals surface area contributed by atoms with Crippen LogP contribution in [0.3, 0.4) is 0 Å². The molecule has 3 aromatic rings. The Labute approximate surface area is 240 Å². The molecule has 0 radical (unpaired) electrons. The molecule has 1 N–H and O–H groups in total. The van der Waals surface area contributed by atoms with Crippen LogP contribution in [0.1, 0.15) is 30.5 Å². The maximum atomic E-state index is 14.0. The van der Waals surface area contributed by atoms with Crippen molar-refractivity contribution in [1.29, 1.82) is 0 Å². The minimum Gasteiger partial charge on any atom is -0.352 e. The van der Waals surface area contributed by atoms with Gasteiger partial charge in [0.1, 0.15) is 12.6 Å². The van der Waals surface area contributed by atoms with Gasteiger partial charge in [-0.1, -0.05) is 71.7 Å². The quantitative estimate of drug-likeness (QED) is 0.331. The van der Waals surface area contributed by atoms with E-state index in [0.717, 1.165) is 21.7 Å². The van der Waals surface area contributed by atoms with E-state index in [1.165, 1.54) is 4.90 Å². The molecule has 10 heteroatoms. The standard InChI is InChI=1S/C29H33Cl2N3O4S/c1-20(2)32-29(36)27(16-22-10-6-5-7-11-22)33(18-23-13-14-24(30)17-26(23)31)28(35)19-34(39(4,37)38)25-12-8-9-21(3)15-25/h5-15,17,20,27H,16,18-19H2,1-4H3,(H,32,36)/t27-/m0/s1. The first-order chi connectivity index (χ1) is 18.3. The van der Waals surface area contributed by atoms with E-state index in [2.05, 4.69) is 5.32 Å². The number of sulfonamides is 1. The predicted molar refractivity (Wildman–Crippen MR) is 158 cm³/mol. The molecular formula is C29H33Cl2N3O4S. The summed E-state index contributed by atoms with van der Waals surface area (Å²) in [7, 11) is -3.83. The van der Waals surface area contributed by atoms with E-state index >= 15 is 0 Å². The van der Waals surface area contributed by atoms with Crippen LogP contribution in [0.25, 0.3) is 0 Å². The SMILES string of the molecule is Cc1cccc(N(CC(=O)N(Cc2ccc(Cl)cc2Cl)[C@@H](Cc2ccccc2)C(=O)NC(C)C)S(C)(=O)=O)c1. The van der Waals surface area contributed by atoms with Crippen molar-refractivity contribution in [1.82, 2.24) is 10.2 Å². The van der Waals surface area contributed by atoms with Crippen molar-refractivity contribution in [2.75, 3.05) is 17.1 Å². The number of hydrogen-bond donors (Lipinski definition) is 1. The molecule has 0 aliphatic carbocycles. The molecular weight excluding hydrogens is 557 g/mol. The highest BCUT2D eigenvalue weighted by molar-refractivity contribution is 7.92. The number of halogens is 2. The summed E-state index contributed by atoms with van der Waals surface area (Å²) in [6.07, 6.45) is 1.27. The molecule has 0 saturated heterocycles. The van der Waals surface area contributed by atoms with E-state index < -0.39 is 28.5 Å². The van der Waals surface area contributed by atoms with Gasteiger partial charge in [-0.2, -0.15) is 0 Å². The molecule has 0 bridgehead atoms. The maximum absolute atomic E-state index is 14.0. The number of nitrogens with zero attached hydrogens (tertiary/aromatic N) is 2. The minimum absolute atomic E-state index is 0.0245. The number of rotatable bonds is 11. The third kappa shape index (κ3) is 8.71. The molecule has 3 rings (SSSR count). The van der Waals surface area contributed by atoms with Gasteiger partial charge in [-0.3, -0.25) is 13.9 Å². The molecule has 0 fully saturated rings. The van der Waals surface area contributed by atoms with Crippen molar-refractivity contribution in [3.63, 3.8) is 0 Å². The molecule has 0 spiro atoms. The zero-order valence-corrected chi connectivity index (χ0v) is 24.7. The summed E-state index contributed by atoms with van der Waals surface area (Å²) in [5.41, 5.74) is 2.63. The van der Waals surface area contributed by atoms with Gasteiger partial charge < -0.3 is 10.2 Å². The lowest BCUT2D eigenvalue weighted by atomic mass is 10.0. The van der Waals surface area contributed by atoms with Gasteiger partial charge in [-0.15, -0.1) is 0 Å². The van der Waals surface area contributed by atoms with Crippen molar-refractivity contribution >= 4 is 50.7 Å². The third-order valence-corrected chi connectivity index (χ3v) is 7.75. The molecule has 0 heterocycles. The van der Waals surface area contributed by atoms with Crippen LogP contribution >= 0.6 is 23.2 Å². The summed E-state index contributed by atoms with van der Waals surface area (Å²) in [5.74, 6) is -0.901. The van der Waals surface area contributed by atoms with Crippen LogP contribution in [0.4, 0.5) is 5.69 Å². The minimum atomic E-state index is -3.83. The van der Waals surface area contributed by atoms with Gasteiger partial charge in [0, 0.05) is 29.1 Å². The monoisotopic (exact) mass is 589 g/mol. The Hall–Kier alpha value is -3.07. The maximum Gasteiger partial charge on any atom is 0.244 e. The van der Waals surface area contributed by atoms with Gasteiger partial charge in [-0.25, -0.2) is 8.42 Å². The number of hydrogen-bond acceptors (Lipinski definition) is 4. The molecule has 0 aromatic heterocycles. The summed E-state index contributed by atoms with van der Waals surface area (Å²) in [4.78, 5) is 29.0. The molecule has 1 atom stereocenters. The fourth-order valence-corrected chi connectivity index (χ4v) is 5.47. The number of aryl methyl sites for hydroxylation is 1. The highest BCUT2D eigenvalue weighted by atomic mass is 35.5. The molecule has 39 heavy (non-hydrogen) atoms. The Bertz CT molecular complexity index is 1420. The van der Waals surface area contributed by atoms with Crippen molar-refractivity contribution in [2.24, 2.45) is 0 Å². The average Bonchev–Trinajstić information content (AvgIpc) is 2.85.